The van der Waals surface area contributed by atoms with Crippen molar-refractivity contribution in [2.24, 2.45) is 0 Å². The highest BCUT2D eigenvalue weighted by Gasteiger charge is 2.16. The maximum atomic E-state index is 11.0. The fourth-order valence-electron chi connectivity index (χ4n) is 2.11. The molecule has 0 saturated carbocycles. The lowest BCUT2D eigenvalue weighted by Crippen LogP contribution is -2.29. The molecule has 0 radical (unpaired) electrons. The molecule has 1 N–H and O–H groups in total. The molecule has 1 aliphatic rings. The molecule has 0 atom stereocenters. The Balaban J connectivity index is 2.19. The van der Waals surface area contributed by atoms with Crippen LogP contribution in [-0.2, 0) is 9.53 Å². The second-order valence-electron chi connectivity index (χ2n) is 4.72. The normalized spacial score (nSPS) is 16.3. The number of carbonyl (C=O) groups is 1. The summed E-state index contributed by atoms with van der Waals surface area (Å²) in [5.41, 5.74) is 0.819. The van der Waals surface area contributed by atoms with Crippen molar-refractivity contribution in [2.75, 3.05) is 30.5 Å². The largest absolute Gasteiger partial charge is 0.381 e. The lowest BCUT2D eigenvalue weighted by molar-refractivity contribution is -0.107. The van der Waals surface area contributed by atoms with E-state index < -0.39 is 0 Å². The second-order valence-corrected chi connectivity index (χ2v) is 4.72. The number of aromatic nitrogens is 2. The van der Waals surface area contributed by atoms with Gasteiger partial charge in [0.05, 0.1) is 0 Å². The zero-order chi connectivity index (χ0) is 14.4. The second kappa shape index (κ2) is 7.00. The first-order chi connectivity index (χ1) is 9.74. The van der Waals surface area contributed by atoms with E-state index in [9.17, 15) is 4.79 Å². The summed E-state index contributed by atoms with van der Waals surface area (Å²) in [5.74, 6) is 1.15. The molecule has 6 heteroatoms. The molecule has 1 aromatic heterocycles. The first-order valence-corrected chi connectivity index (χ1v) is 6.76. The minimum Gasteiger partial charge on any atom is -0.381 e. The number of ether oxygens (including phenoxy) is 1. The minimum absolute atomic E-state index is 0.325. The molecule has 2 rings (SSSR count). The summed E-state index contributed by atoms with van der Waals surface area (Å²) in [7, 11) is 1.68. The van der Waals surface area contributed by atoms with Gasteiger partial charge in [-0.15, -0.1) is 0 Å². The molecule has 0 unspecified atom stereocenters. The lowest BCUT2D eigenvalue weighted by atomic mass is 10.1. The van der Waals surface area contributed by atoms with Gasteiger partial charge >= 0.3 is 0 Å². The average molecular weight is 276 g/mol. The van der Waals surface area contributed by atoms with E-state index in [1.54, 1.807) is 13.2 Å². The maximum absolute atomic E-state index is 11.0. The van der Waals surface area contributed by atoms with E-state index in [0.29, 0.717) is 17.8 Å². The number of rotatable bonds is 5. The SMILES string of the molecule is C/C=C\c1cnc(NC2CCOCC2)nc1N(C)C=O. The highest BCUT2D eigenvalue weighted by atomic mass is 16.5. The van der Waals surface area contributed by atoms with Gasteiger partial charge in [-0.05, 0) is 19.8 Å². The predicted molar refractivity (Wildman–Crippen MR) is 78.7 cm³/mol. The number of nitrogens with one attached hydrogen (secondary N) is 1. The fraction of sp³-hybridized carbons (Fsp3) is 0.500. The summed E-state index contributed by atoms with van der Waals surface area (Å²) in [6.45, 7) is 3.43. The van der Waals surface area contributed by atoms with Crippen LogP contribution in [-0.4, -0.2) is 42.7 Å². The number of carbonyl (C=O) groups excluding carboxylic acids is 1. The van der Waals surface area contributed by atoms with E-state index in [-0.39, 0.29) is 0 Å². The molecular formula is C14H20N4O2. The molecule has 0 aromatic carbocycles. The van der Waals surface area contributed by atoms with Crippen molar-refractivity contribution in [2.45, 2.75) is 25.8 Å². The van der Waals surface area contributed by atoms with Crippen molar-refractivity contribution in [3.8, 4) is 0 Å². The Kier molecular flexibility index (Phi) is 5.06. The Morgan fingerprint density at radius 2 is 2.20 bits per heavy atom. The van der Waals surface area contributed by atoms with Gasteiger partial charge in [-0.25, -0.2) is 4.98 Å². The van der Waals surface area contributed by atoms with Crippen LogP contribution in [0.1, 0.15) is 25.3 Å². The van der Waals surface area contributed by atoms with Crippen molar-refractivity contribution >= 4 is 24.3 Å². The Morgan fingerprint density at radius 1 is 1.45 bits per heavy atom. The number of allylic oxidation sites excluding steroid dienone is 1. The van der Waals surface area contributed by atoms with Gasteiger partial charge in [0.15, 0.2) is 0 Å². The quantitative estimate of drug-likeness (QED) is 0.829. The Bertz CT molecular complexity index is 484. The molecule has 0 aliphatic carbocycles. The summed E-state index contributed by atoms with van der Waals surface area (Å²) in [4.78, 5) is 21.2. The topological polar surface area (TPSA) is 67.4 Å². The van der Waals surface area contributed by atoms with E-state index in [4.69, 9.17) is 4.74 Å². The molecule has 0 bridgehead atoms. The zero-order valence-corrected chi connectivity index (χ0v) is 11.9. The third-order valence-electron chi connectivity index (χ3n) is 3.19. The molecule has 1 amide bonds. The first kappa shape index (κ1) is 14.5. The molecule has 2 heterocycles. The number of nitrogens with zero attached hydrogens (tertiary/aromatic N) is 3. The predicted octanol–water partition coefficient (Wildman–Crippen LogP) is 1.69. The fourth-order valence-corrected chi connectivity index (χ4v) is 2.11. The Morgan fingerprint density at radius 3 is 2.85 bits per heavy atom. The van der Waals surface area contributed by atoms with Crippen LogP contribution in [0.15, 0.2) is 12.3 Å². The Hall–Kier alpha value is -1.95. The highest BCUT2D eigenvalue weighted by molar-refractivity contribution is 5.78. The molecule has 1 aromatic rings. The van der Waals surface area contributed by atoms with E-state index in [1.807, 2.05) is 19.1 Å². The van der Waals surface area contributed by atoms with E-state index in [2.05, 4.69) is 15.3 Å². The van der Waals surface area contributed by atoms with Crippen molar-refractivity contribution in [3.05, 3.63) is 17.8 Å². The van der Waals surface area contributed by atoms with Gasteiger partial charge in [-0.2, -0.15) is 4.98 Å². The Labute approximate surface area is 118 Å². The van der Waals surface area contributed by atoms with Gasteiger partial charge in [-0.3, -0.25) is 4.79 Å². The molecule has 1 saturated heterocycles. The van der Waals surface area contributed by atoms with E-state index in [0.717, 1.165) is 38.0 Å². The van der Waals surface area contributed by atoms with Crippen LogP contribution in [0.5, 0.6) is 0 Å². The molecule has 108 valence electrons. The lowest BCUT2D eigenvalue weighted by Gasteiger charge is -2.23. The van der Waals surface area contributed by atoms with Crippen LogP contribution < -0.4 is 10.2 Å². The van der Waals surface area contributed by atoms with Gasteiger partial charge in [0, 0.05) is 38.1 Å². The summed E-state index contributed by atoms with van der Waals surface area (Å²) in [6, 6.07) is 0.325. The number of amides is 1. The minimum atomic E-state index is 0.325. The number of hydrogen-bond donors (Lipinski definition) is 1. The summed E-state index contributed by atoms with van der Waals surface area (Å²) in [6.07, 6.45) is 8.13. The van der Waals surface area contributed by atoms with Gasteiger partial charge in [0.1, 0.15) is 5.82 Å². The van der Waals surface area contributed by atoms with Crippen LogP contribution in [0.25, 0.3) is 6.08 Å². The number of hydrogen-bond acceptors (Lipinski definition) is 5. The van der Waals surface area contributed by atoms with Crippen LogP contribution in [0.2, 0.25) is 0 Å². The molecule has 6 nitrogen and oxygen atoms in total. The van der Waals surface area contributed by atoms with E-state index in [1.165, 1.54) is 4.90 Å². The van der Waals surface area contributed by atoms with Crippen LogP contribution >= 0.6 is 0 Å². The molecule has 1 fully saturated rings. The molecular weight excluding hydrogens is 256 g/mol. The van der Waals surface area contributed by atoms with Crippen LogP contribution in [0.3, 0.4) is 0 Å². The highest BCUT2D eigenvalue weighted by Crippen LogP contribution is 2.20. The smallest absolute Gasteiger partial charge is 0.224 e. The standard InChI is InChI=1S/C14H20N4O2/c1-3-4-11-9-15-14(17-13(11)18(2)10-19)16-12-5-7-20-8-6-12/h3-4,9-10,12H,5-8H2,1-2H3,(H,15,16,17)/b4-3-. The van der Waals surface area contributed by atoms with E-state index >= 15 is 0 Å². The van der Waals surface area contributed by atoms with Gasteiger partial charge < -0.3 is 15.0 Å². The van der Waals surface area contributed by atoms with Gasteiger partial charge in [-0.1, -0.05) is 12.2 Å². The van der Waals surface area contributed by atoms with Crippen molar-refractivity contribution in [3.63, 3.8) is 0 Å². The number of anilines is 2. The zero-order valence-electron chi connectivity index (χ0n) is 11.9. The molecule has 20 heavy (non-hydrogen) atoms. The van der Waals surface area contributed by atoms with Crippen LogP contribution in [0, 0.1) is 0 Å². The van der Waals surface area contributed by atoms with Gasteiger partial charge in [0.2, 0.25) is 12.4 Å². The first-order valence-electron chi connectivity index (χ1n) is 6.76. The van der Waals surface area contributed by atoms with Crippen molar-refractivity contribution in [1.29, 1.82) is 0 Å². The maximum Gasteiger partial charge on any atom is 0.224 e. The molecule has 1 aliphatic heterocycles. The molecule has 0 spiro atoms. The van der Waals surface area contributed by atoms with Crippen molar-refractivity contribution < 1.29 is 9.53 Å². The monoisotopic (exact) mass is 276 g/mol. The summed E-state index contributed by atoms with van der Waals surface area (Å²) >= 11 is 0. The van der Waals surface area contributed by atoms with Crippen LogP contribution in [0.4, 0.5) is 11.8 Å². The third kappa shape index (κ3) is 3.54. The third-order valence-corrected chi connectivity index (χ3v) is 3.19. The summed E-state index contributed by atoms with van der Waals surface area (Å²) < 4.78 is 5.32. The average Bonchev–Trinajstić information content (AvgIpc) is 2.49. The van der Waals surface area contributed by atoms with Gasteiger partial charge in [0.25, 0.3) is 0 Å². The van der Waals surface area contributed by atoms with Crippen molar-refractivity contribution in [1.82, 2.24) is 9.97 Å². The summed E-state index contributed by atoms with van der Waals surface area (Å²) in [5, 5.41) is 3.30.